The molecule has 0 aliphatic carbocycles. The zero-order chi connectivity index (χ0) is 14.5. The molecule has 0 amide bonds. The highest BCUT2D eigenvalue weighted by molar-refractivity contribution is 7.98. The monoisotopic (exact) mass is 296 g/mol. The third-order valence-corrected chi connectivity index (χ3v) is 3.10. The van der Waals surface area contributed by atoms with Gasteiger partial charge in [0.2, 0.25) is 0 Å². The molecule has 0 bridgehead atoms. The number of nitrogens with one attached hydrogen (secondary N) is 1. The zero-order valence-corrected chi connectivity index (χ0v) is 11.7. The largest absolute Gasteiger partial charge is 0.383 e. The summed E-state index contributed by atoms with van der Waals surface area (Å²) in [5, 5.41) is 3.63. The first-order valence-corrected chi connectivity index (χ1v) is 7.16. The lowest BCUT2D eigenvalue weighted by atomic mass is 10.1. The molecule has 0 saturated carbocycles. The molecule has 2 rings (SSSR count). The second-order valence-electron chi connectivity index (χ2n) is 4.12. The van der Waals surface area contributed by atoms with Gasteiger partial charge in [-0.15, -0.1) is 0 Å². The van der Waals surface area contributed by atoms with Gasteiger partial charge in [0.15, 0.2) is 5.16 Å². The second-order valence-corrected chi connectivity index (χ2v) is 4.89. The van der Waals surface area contributed by atoms with Crippen molar-refractivity contribution in [2.45, 2.75) is 11.6 Å². The normalized spacial score (nSPS) is 10.6. The van der Waals surface area contributed by atoms with Gasteiger partial charge >= 0.3 is 0 Å². The average molecular weight is 296 g/mol. The third kappa shape index (κ3) is 4.06. The molecule has 2 aromatic rings. The van der Waals surface area contributed by atoms with Crippen molar-refractivity contribution in [1.29, 1.82) is 0 Å². The van der Waals surface area contributed by atoms with Crippen molar-refractivity contribution in [3.63, 3.8) is 0 Å². The SMILES string of the molecule is CSc1nc(N)cc(NCCc2cc(F)cc(F)c2)n1. The van der Waals surface area contributed by atoms with Crippen LogP contribution in [0.25, 0.3) is 0 Å². The van der Waals surface area contributed by atoms with Crippen LogP contribution in [0.3, 0.4) is 0 Å². The molecule has 1 heterocycles. The van der Waals surface area contributed by atoms with Crippen LogP contribution in [0.5, 0.6) is 0 Å². The Kier molecular flexibility index (Phi) is 4.73. The van der Waals surface area contributed by atoms with Crippen molar-refractivity contribution in [2.75, 3.05) is 23.9 Å². The maximum absolute atomic E-state index is 13.0. The summed E-state index contributed by atoms with van der Waals surface area (Å²) in [6.45, 7) is 0.493. The summed E-state index contributed by atoms with van der Waals surface area (Å²) in [5.41, 5.74) is 6.24. The van der Waals surface area contributed by atoms with E-state index in [-0.39, 0.29) is 0 Å². The van der Waals surface area contributed by atoms with E-state index < -0.39 is 11.6 Å². The quantitative estimate of drug-likeness (QED) is 0.656. The number of thioether (sulfide) groups is 1. The van der Waals surface area contributed by atoms with E-state index in [4.69, 9.17) is 5.73 Å². The highest BCUT2D eigenvalue weighted by atomic mass is 32.2. The van der Waals surface area contributed by atoms with E-state index in [0.717, 1.165) is 6.07 Å². The molecule has 4 nitrogen and oxygen atoms in total. The summed E-state index contributed by atoms with van der Waals surface area (Å²) in [6.07, 6.45) is 2.33. The molecule has 0 radical (unpaired) electrons. The second kappa shape index (κ2) is 6.51. The molecule has 1 aromatic heterocycles. The molecule has 1 aromatic carbocycles. The van der Waals surface area contributed by atoms with Crippen LogP contribution in [0.1, 0.15) is 5.56 Å². The fourth-order valence-electron chi connectivity index (χ4n) is 1.72. The number of halogens is 2. The summed E-state index contributed by atoms with van der Waals surface area (Å²) in [5.74, 6) is -0.172. The third-order valence-electron chi connectivity index (χ3n) is 2.55. The lowest BCUT2D eigenvalue weighted by molar-refractivity contribution is 0.580. The summed E-state index contributed by atoms with van der Waals surface area (Å²) in [6, 6.07) is 5.09. The predicted molar refractivity (Wildman–Crippen MR) is 76.8 cm³/mol. The minimum atomic E-state index is -0.573. The first-order chi connectivity index (χ1) is 9.56. The minimum Gasteiger partial charge on any atom is -0.383 e. The number of nitrogens with zero attached hydrogens (tertiary/aromatic N) is 2. The van der Waals surface area contributed by atoms with Gasteiger partial charge < -0.3 is 11.1 Å². The van der Waals surface area contributed by atoms with E-state index in [1.54, 1.807) is 6.07 Å². The Morgan fingerprint density at radius 3 is 2.50 bits per heavy atom. The summed E-state index contributed by atoms with van der Waals surface area (Å²) in [7, 11) is 0. The Balaban J connectivity index is 1.97. The summed E-state index contributed by atoms with van der Waals surface area (Å²) < 4.78 is 26.1. The van der Waals surface area contributed by atoms with Crippen molar-refractivity contribution in [2.24, 2.45) is 0 Å². The van der Waals surface area contributed by atoms with Crippen molar-refractivity contribution in [3.05, 3.63) is 41.5 Å². The Bertz CT molecular complexity index is 587. The lowest BCUT2D eigenvalue weighted by Gasteiger charge is -2.07. The van der Waals surface area contributed by atoms with Crippen molar-refractivity contribution in [3.8, 4) is 0 Å². The number of hydrogen-bond acceptors (Lipinski definition) is 5. The number of nitrogens with two attached hydrogens (primary N) is 1. The Morgan fingerprint density at radius 1 is 1.15 bits per heavy atom. The van der Waals surface area contributed by atoms with Crippen molar-refractivity contribution in [1.82, 2.24) is 9.97 Å². The molecule has 20 heavy (non-hydrogen) atoms. The fourth-order valence-corrected chi connectivity index (χ4v) is 2.10. The smallest absolute Gasteiger partial charge is 0.191 e. The van der Waals surface area contributed by atoms with Gasteiger partial charge in [-0.3, -0.25) is 0 Å². The summed E-state index contributed by atoms with van der Waals surface area (Å²) in [4.78, 5) is 8.26. The van der Waals surface area contributed by atoms with Gasteiger partial charge in [-0.1, -0.05) is 11.8 Å². The first kappa shape index (κ1) is 14.5. The van der Waals surface area contributed by atoms with Crippen LogP contribution < -0.4 is 11.1 Å². The number of aromatic nitrogens is 2. The topological polar surface area (TPSA) is 63.8 Å². The number of benzene rings is 1. The van der Waals surface area contributed by atoms with Gasteiger partial charge in [-0.05, 0) is 30.4 Å². The van der Waals surface area contributed by atoms with E-state index in [2.05, 4.69) is 15.3 Å². The van der Waals surface area contributed by atoms with E-state index in [1.807, 2.05) is 6.26 Å². The van der Waals surface area contributed by atoms with E-state index in [1.165, 1.54) is 23.9 Å². The van der Waals surface area contributed by atoms with Crippen LogP contribution in [-0.4, -0.2) is 22.8 Å². The predicted octanol–water partition coefficient (Wildman–Crippen LogP) is 2.71. The molecule has 0 unspecified atom stereocenters. The molecular weight excluding hydrogens is 282 g/mol. The molecule has 0 atom stereocenters. The van der Waals surface area contributed by atoms with Gasteiger partial charge in [0, 0.05) is 18.7 Å². The maximum atomic E-state index is 13.0. The molecule has 106 valence electrons. The molecule has 0 fully saturated rings. The number of anilines is 2. The fraction of sp³-hybridized carbons (Fsp3) is 0.231. The molecule has 0 aliphatic heterocycles. The van der Waals surface area contributed by atoms with Crippen molar-refractivity contribution < 1.29 is 8.78 Å². The number of rotatable bonds is 5. The van der Waals surface area contributed by atoms with Gasteiger partial charge in [0.1, 0.15) is 23.3 Å². The Labute approximate surface area is 119 Å². The molecule has 3 N–H and O–H groups in total. The minimum absolute atomic E-state index is 0.378. The Morgan fingerprint density at radius 2 is 1.85 bits per heavy atom. The van der Waals surface area contributed by atoms with Crippen LogP contribution in [0.15, 0.2) is 29.4 Å². The molecule has 0 aliphatic rings. The maximum Gasteiger partial charge on any atom is 0.191 e. The molecule has 7 heteroatoms. The van der Waals surface area contributed by atoms with Crippen LogP contribution in [0.2, 0.25) is 0 Å². The van der Waals surface area contributed by atoms with Gasteiger partial charge in [-0.25, -0.2) is 18.7 Å². The van der Waals surface area contributed by atoms with E-state index >= 15 is 0 Å². The van der Waals surface area contributed by atoms with E-state index in [0.29, 0.717) is 35.3 Å². The molecule has 0 saturated heterocycles. The van der Waals surface area contributed by atoms with Gasteiger partial charge in [0.05, 0.1) is 0 Å². The number of hydrogen-bond donors (Lipinski definition) is 2. The highest BCUT2D eigenvalue weighted by Crippen LogP contribution is 2.15. The van der Waals surface area contributed by atoms with Gasteiger partial charge in [0.25, 0.3) is 0 Å². The average Bonchev–Trinajstić information content (AvgIpc) is 2.37. The van der Waals surface area contributed by atoms with Crippen LogP contribution in [-0.2, 0) is 6.42 Å². The molecular formula is C13H14F2N4S. The highest BCUT2D eigenvalue weighted by Gasteiger charge is 2.03. The van der Waals surface area contributed by atoms with Crippen LogP contribution in [0, 0.1) is 11.6 Å². The van der Waals surface area contributed by atoms with Gasteiger partial charge in [-0.2, -0.15) is 0 Å². The lowest BCUT2D eigenvalue weighted by Crippen LogP contribution is -2.08. The van der Waals surface area contributed by atoms with E-state index in [9.17, 15) is 8.78 Å². The Hall–Kier alpha value is -1.89. The van der Waals surface area contributed by atoms with Crippen molar-refractivity contribution >= 4 is 23.4 Å². The standard InChI is InChI=1S/C13H14F2N4S/c1-20-13-18-11(16)7-12(19-13)17-3-2-8-4-9(14)6-10(15)5-8/h4-7H,2-3H2,1H3,(H3,16,17,18,19). The number of nitrogen functional groups attached to an aromatic ring is 1. The van der Waals surface area contributed by atoms with Crippen LogP contribution >= 0.6 is 11.8 Å². The first-order valence-electron chi connectivity index (χ1n) is 5.94. The zero-order valence-electron chi connectivity index (χ0n) is 10.9. The summed E-state index contributed by atoms with van der Waals surface area (Å²) >= 11 is 1.39. The van der Waals surface area contributed by atoms with Crippen LogP contribution in [0.4, 0.5) is 20.4 Å². The molecule has 0 spiro atoms.